The van der Waals surface area contributed by atoms with Crippen molar-refractivity contribution < 1.29 is 9.53 Å². The summed E-state index contributed by atoms with van der Waals surface area (Å²) in [6, 6.07) is 13.5. The summed E-state index contributed by atoms with van der Waals surface area (Å²) in [6.45, 7) is 6.50. The van der Waals surface area contributed by atoms with Crippen molar-refractivity contribution in [3.05, 3.63) is 53.6 Å². The normalized spacial score (nSPS) is 16.7. The Morgan fingerprint density at radius 1 is 1.23 bits per heavy atom. The molecule has 0 radical (unpaired) electrons. The molecule has 0 fully saturated rings. The van der Waals surface area contributed by atoms with Crippen LogP contribution in [0.25, 0.3) is 0 Å². The molecule has 1 N–H and O–H groups in total. The molecule has 0 spiro atoms. The number of nitrogens with zero attached hydrogens (tertiary/aromatic N) is 1. The zero-order valence-corrected chi connectivity index (χ0v) is 13.1. The number of aryl methyl sites for hydroxylation is 2. The molecular formula is C18H20N2O2. The molecule has 4 heteroatoms. The summed E-state index contributed by atoms with van der Waals surface area (Å²) in [7, 11) is 0. The van der Waals surface area contributed by atoms with Crippen LogP contribution in [0.2, 0.25) is 0 Å². The fraction of sp³-hybridized carbons (Fsp3) is 0.278. The summed E-state index contributed by atoms with van der Waals surface area (Å²) in [6.07, 6.45) is -0.0298. The molecule has 1 heterocycles. The van der Waals surface area contributed by atoms with E-state index < -0.39 is 0 Å². The van der Waals surface area contributed by atoms with Crippen molar-refractivity contribution in [2.75, 3.05) is 16.8 Å². The van der Waals surface area contributed by atoms with Crippen LogP contribution in [0.1, 0.15) is 18.1 Å². The van der Waals surface area contributed by atoms with E-state index in [0.29, 0.717) is 6.54 Å². The first kappa shape index (κ1) is 14.4. The molecule has 22 heavy (non-hydrogen) atoms. The van der Waals surface area contributed by atoms with Gasteiger partial charge in [0.25, 0.3) is 0 Å². The van der Waals surface area contributed by atoms with Crippen LogP contribution < -0.4 is 15.0 Å². The van der Waals surface area contributed by atoms with E-state index in [1.807, 2.05) is 63.2 Å². The minimum Gasteiger partial charge on any atom is -0.487 e. The van der Waals surface area contributed by atoms with Gasteiger partial charge in [-0.15, -0.1) is 0 Å². The molecule has 0 aromatic heterocycles. The number of amides is 2. The highest BCUT2D eigenvalue weighted by Crippen LogP contribution is 2.34. The number of benzene rings is 2. The van der Waals surface area contributed by atoms with Gasteiger partial charge in [0.05, 0.1) is 12.2 Å². The zero-order chi connectivity index (χ0) is 15.7. The number of hydrogen-bond acceptors (Lipinski definition) is 2. The number of para-hydroxylation sites is 1. The van der Waals surface area contributed by atoms with E-state index in [2.05, 4.69) is 5.32 Å². The van der Waals surface area contributed by atoms with E-state index in [-0.39, 0.29) is 12.1 Å². The fourth-order valence-electron chi connectivity index (χ4n) is 2.64. The second kappa shape index (κ2) is 5.72. The van der Waals surface area contributed by atoms with Crippen LogP contribution in [0.4, 0.5) is 16.2 Å². The number of urea groups is 1. The first-order chi connectivity index (χ1) is 10.5. The molecule has 0 saturated carbocycles. The lowest BCUT2D eigenvalue weighted by molar-refractivity contribution is 0.208. The predicted molar refractivity (Wildman–Crippen MR) is 88.8 cm³/mol. The van der Waals surface area contributed by atoms with Gasteiger partial charge in [0.1, 0.15) is 11.9 Å². The summed E-state index contributed by atoms with van der Waals surface area (Å²) >= 11 is 0. The molecule has 0 bridgehead atoms. The van der Waals surface area contributed by atoms with E-state index in [4.69, 9.17) is 4.74 Å². The third-order valence-corrected chi connectivity index (χ3v) is 3.80. The van der Waals surface area contributed by atoms with E-state index in [0.717, 1.165) is 28.3 Å². The molecule has 2 amide bonds. The first-order valence-corrected chi connectivity index (χ1v) is 7.46. The van der Waals surface area contributed by atoms with Gasteiger partial charge in [0, 0.05) is 5.69 Å². The van der Waals surface area contributed by atoms with Crippen LogP contribution in [-0.2, 0) is 0 Å². The van der Waals surface area contributed by atoms with Crippen molar-refractivity contribution in [1.82, 2.24) is 0 Å². The number of anilines is 2. The molecule has 0 aliphatic carbocycles. The lowest BCUT2D eigenvalue weighted by Crippen LogP contribution is -2.44. The second-order valence-electron chi connectivity index (χ2n) is 5.76. The Labute approximate surface area is 130 Å². The van der Waals surface area contributed by atoms with Gasteiger partial charge in [-0.2, -0.15) is 0 Å². The molecule has 114 valence electrons. The van der Waals surface area contributed by atoms with E-state index in [1.54, 1.807) is 4.90 Å². The summed E-state index contributed by atoms with van der Waals surface area (Å²) in [5, 5.41) is 2.99. The Bertz CT molecular complexity index is 712. The van der Waals surface area contributed by atoms with Crippen LogP contribution in [0, 0.1) is 13.8 Å². The fourth-order valence-corrected chi connectivity index (χ4v) is 2.64. The van der Waals surface area contributed by atoms with Gasteiger partial charge < -0.3 is 10.1 Å². The summed E-state index contributed by atoms with van der Waals surface area (Å²) < 4.78 is 5.82. The highest BCUT2D eigenvalue weighted by Gasteiger charge is 2.27. The van der Waals surface area contributed by atoms with Crippen molar-refractivity contribution in [2.45, 2.75) is 26.9 Å². The van der Waals surface area contributed by atoms with Crippen molar-refractivity contribution >= 4 is 17.4 Å². The quantitative estimate of drug-likeness (QED) is 0.860. The van der Waals surface area contributed by atoms with Crippen LogP contribution in [0.15, 0.2) is 42.5 Å². The van der Waals surface area contributed by atoms with Crippen LogP contribution >= 0.6 is 0 Å². The molecule has 0 saturated heterocycles. The number of carbonyl (C=O) groups is 1. The number of rotatable bonds is 1. The third kappa shape index (κ3) is 2.77. The molecule has 3 rings (SSSR count). The highest BCUT2D eigenvalue weighted by molar-refractivity contribution is 6.03. The molecule has 1 atom stereocenters. The lowest BCUT2D eigenvalue weighted by Gasteiger charge is -2.33. The molecule has 2 aromatic carbocycles. The number of hydrogen-bond donors (Lipinski definition) is 1. The third-order valence-electron chi connectivity index (χ3n) is 3.80. The number of nitrogens with one attached hydrogen (secondary N) is 1. The van der Waals surface area contributed by atoms with Gasteiger partial charge >= 0.3 is 6.03 Å². The molecule has 2 aromatic rings. The van der Waals surface area contributed by atoms with Crippen LogP contribution in [-0.4, -0.2) is 18.7 Å². The first-order valence-electron chi connectivity index (χ1n) is 7.46. The smallest absolute Gasteiger partial charge is 0.326 e. The van der Waals surface area contributed by atoms with Crippen molar-refractivity contribution in [1.29, 1.82) is 0 Å². The van der Waals surface area contributed by atoms with Crippen LogP contribution in [0.5, 0.6) is 5.75 Å². The Hall–Kier alpha value is -2.49. The Kier molecular flexibility index (Phi) is 3.75. The summed E-state index contributed by atoms with van der Waals surface area (Å²) in [5.41, 5.74) is 3.80. The van der Waals surface area contributed by atoms with Gasteiger partial charge in [0.15, 0.2) is 0 Å². The van der Waals surface area contributed by atoms with E-state index in [1.165, 1.54) is 0 Å². The minimum absolute atomic E-state index is 0.0298. The number of carbonyl (C=O) groups excluding carboxylic acids is 1. The van der Waals surface area contributed by atoms with E-state index in [9.17, 15) is 4.79 Å². The zero-order valence-electron chi connectivity index (χ0n) is 13.1. The second-order valence-corrected chi connectivity index (χ2v) is 5.76. The number of ether oxygens (including phenoxy) is 1. The molecule has 1 aliphatic rings. The van der Waals surface area contributed by atoms with E-state index >= 15 is 0 Å². The summed E-state index contributed by atoms with van der Waals surface area (Å²) in [5.74, 6) is 0.754. The van der Waals surface area contributed by atoms with Crippen molar-refractivity contribution in [3.8, 4) is 5.75 Å². The maximum atomic E-state index is 12.7. The van der Waals surface area contributed by atoms with Gasteiger partial charge in [-0.1, -0.05) is 24.3 Å². The monoisotopic (exact) mass is 296 g/mol. The Morgan fingerprint density at radius 3 is 2.77 bits per heavy atom. The number of fused-ring (bicyclic) bond motifs is 1. The Balaban J connectivity index is 1.90. The SMILES string of the molecule is Cc1ccc2c(c1)N(C(=O)Nc1ccccc1C)C[C@@H](C)O2. The summed E-state index contributed by atoms with van der Waals surface area (Å²) in [4.78, 5) is 14.5. The van der Waals surface area contributed by atoms with Gasteiger partial charge in [-0.3, -0.25) is 4.90 Å². The average Bonchev–Trinajstić information content (AvgIpc) is 2.49. The Morgan fingerprint density at radius 2 is 2.00 bits per heavy atom. The standard InChI is InChI=1S/C18H20N2O2/c1-12-8-9-17-16(10-12)20(11-14(3)22-17)18(21)19-15-7-5-4-6-13(15)2/h4-10,14H,11H2,1-3H3,(H,19,21)/t14-/m1/s1. The topological polar surface area (TPSA) is 41.6 Å². The average molecular weight is 296 g/mol. The lowest BCUT2D eigenvalue weighted by atomic mass is 10.1. The molecule has 1 aliphatic heterocycles. The van der Waals surface area contributed by atoms with Crippen molar-refractivity contribution in [3.63, 3.8) is 0 Å². The largest absolute Gasteiger partial charge is 0.487 e. The molecule has 4 nitrogen and oxygen atoms in total. The van der Waals surface area contributed by atoms with Gasteiger partial charge in [-0.25, -0.2) is 4.79 Å². The minimum atomic E-state index is -0.128. The highest BCUT2D eigenvalue weighted by atomic mass is 16.5. The predicted octanol–water partition coefficient (Wildman–Crippen LogP) is 4.12. The maximum Gasteiger partial charge on any atom is 0.326 e. The van der Waals surface area contributed by atoms with Gasteiger partial charge in [-0.05, 0) is 50.1 Å². The van der Waals surface area contributed by atoms with Crippen molar-refractivity contribution in [2.24, 2.45) is 0 Å². The maximum absolute atomic E-state index is 12.7. The molecular weight excluding hydrogens is 276 g/mol. The molecule has 0 unspecified atom stereocenters. The van der Waals surface area contributed by atoms with Crippen LogP contribution in [0.3, 0.4) is 0 Å². The van der Waals surface area contributed by atoms with Gasteiger partial charge in [0.2, 0.25) is 0 Å².